The predicted octanol–water partition coefficient (Wildman–Crippen LogP) is 2.07. The van der Waals surface area contributed by atoms with E-state index >= 15 is 0 Å². The maximum Gasteiger partial charge on any atom is 0.325 e. The van der Waals surface area contributed by atoms with Gasteiger partial charge in [-0.15, -0.1) is 0 Å². The topological polar surface area (TPSA) is 75.4 Å². The van der Waals surface area contributed by atoms with Crippen LogP contribution in [-0.4, -0.2) is 29.4 Å². The van der Waals surface area contributed by atoms with E-state index < -0.39 is 5.54 Å². The molecule has 0 bridgehead atoms. The fourth-order valence-corrected chi connectivity index (χ4v) is 3.74. The molecular formula is C18H25N3O2. The van der Waals surface area contributed by atoms with Crippen molar-refractivity contribution in [1.82, 2.24) is 10.2 Å². The number of nitrogens with zero attached hydrogens (tertiary/aromatic N) is 1. The first-order valence-corrected chi connectivity index (χ1v) is 8.51. The van der Waals surface area contributed by atoms with Crippen molar-refractivity contribution >= 4 is 11.9 Å². The van der Waals surface area contributed by atoms with Crippen molar-refractivity contribution in [1.29, 1.82) is 0 Å². The van der Waals surface area contributed by atoms with Crippen molar-refractivity contribution < 1.29 is 9.59 Å². The van der Waals surface area contributed by atoms with E-state index in [9.17, 15) is 9.59 Å². The summed E-state index contributed by atoms with van der Waals surface area (Å²) in [6.07, 6.45) is 5.10. The molecule has 1 aliphatic heterocycles. The molecular weight excluding hydrogens is 290 g/mol. The fourth-order valence-electron chi connectivity index (χ4n) is 3.74. The highest BCUT2D eigenvalue weighted by Gasteiger charge is 2.52. The summed E-state index contributed by atoms with van der Waals surface area (Å²) in [6.45, 7) is 4.01. The lowest BCUT2D eigenvalue weighted by Gasteiger charge is -2.28. The van der Waals surface area contributed by atoms with Crippen LogP contribution >= 0.6 is 0 Å². The van der Waals surface area contributed by atoms with Gasteiger partial charge in [0.15, 0.2) is 0 Å². The maximum atomic E-state index is 13.0. The van der Waals surface area contributed by atoms with Crippen LogP contribution in [0, 0.1) is 0 Å². The largest absolute Gasteiger partial charge is 0.328 e. The van der Waals surface area contributed by atoms with Crippen LogP contribution in [0.2, 0.25) is 0 Å². The molecule has 3 N–H and O–H groups in total. The molecule has 0 aromatic heterocycles. The van der Waals surface area contributed by atoms with Crippen molar-refractivity contribution in [3.8, 4) is 0 Å². The molecule has 1 fully saturated rings. The normalized spacial score (nSPS) is 25.3. The molecule has 1 aromatic carbocycles. The number of amides is 3. The van der Waals surface area contributed by atoms with Gasteiger partial charge < -0.3 is 11.1 Å². The maximum absolute atomic E-state index is 13.0. The predicted molar refractivity (Wildman–Crippen MR) is 88.9 cm³/mol. The summed E-state index contributed by atoms with van der Waals surface area (Å²) in [5.74, 6) is -0.182. The molecule has 2 unspecified atom stereocenters. The molecule has 1 aromatic rings. The summed E-state index contributed by atoms with van der Waals surface area (Å²) in [4.78, 5) is 26.7. The van der Waals surface area contributed by atoms with E-state index in [-0.39, 0.29) is 24.5 Å². The lowest BCUT2D eigenvalue weighted by Crippen LogP contribution is -2.46. The third-order valence-electron chi connectivity index (χ3n) is 5.28. The number of benzene rings is 1. The first-order chi connectivity index (χ1) is 11.0. The minimum absolute atomic E-state index is 0.182. The first kappa shape index (κ1) is 16.0. The number of fused-ring (bicyclic) bond motifs is 1. The second kappa shape index (κ2) is 5.96. The molecule has 3 rings (SSSR count). The smallest absolute Gasteiger partial charge is 0.325 e. The summed E-state index contributed by atoms with van der Waals surface area (Å²) in [7, 11) is 0. The Bertz CT molecular complexity index is 643. The molecule has 0 spiro atoms. The summed E-state index contributed by atoms with van der Waals surface area (Å²) in [6, 6.07) is 5.60. The number of urea groups is 1. The van der Waals surface area contributed by atoms with Gasteiger partial charge in [0.1, 0.15) is 5.54 Å². The van der Waals surface area contributed by atoms with Gasteiger partial charge in [-0.2, -0.15) is 0 Å². The highest BCUT2D eigenvalue weighted by molar-refractivity contribution is 6.07. The van der Waals surface area contributed by atoms with E-state index in [0.717, 1.165) is 18.4 Å². The number of hydrogen-bond donors (Lipinski definition) is 2. The number of hydrogen-bond acceptors (Lipinski definition) is 3. The molecule has 0 saturated carbocycles. The Balaban J connectivity index is 2.02. The van der Waals surface area contributed by atoms with Crippen LogP contribution in [0.25, 0.3) is 0 Å². The molecule has 5 heteroatoms. The molecule has 1 saturated heterocycles. The number of nitrogens with two attached hydrogens (primary N) is 1. The number of carbonyl (C=O) groups excluding carboxylic acids is 2. The van der Waals surface area contributed by atoms with E-state index in [1.54, 1.807) is 6.92 Å². The molecule has 124 valence electrons. The monoisotopic (exact) mass is 315 g/mol. The third-order valence-corrected chi connectivity index (χ3v) is 5.28. The van der Waals surface area contributed by atoms with E-state index in [1.807, 2.05) is 13.0 Å². The minimum atomic E-state index is -0.951. The zero-order valence-electron chi connectivity index (χ0n) is 13.9. The van der Waals surface area contributed by atoms with E-state index in [2.05, 4.69) is 17.4 Å². The molecule has 0 radical (unpaired) electrons. The molecule has 1 heterocycles. The summed E-state index contributed by atoms with van der Waals surface area (Å²) in [5, 5.41) is 2.94. The van der Waals surface area contributed by atoms with Crippen LogP contribution in [0.3, 0.4) is 0 Å². The number of aryl methyl sites for hydroxylation is 2. The lowest BCUT2D eigenvalue weighted by atomic mass is 9.82. The van der Waals surface area contributed by atoms with Gasteiger partial charge in [0.2, 0.25) is 0 Å². The summed E-state index contributed by atoms with van der Waals surface area (Å²) in [5.41, 5.74) is 8.29. The number of imide groups is 1. The number of nitrogens with one attached hydrogen (secondary N) is 1. The van der Waals surface area contributed by atoms with Crippen LogP contribution in [0.4, 0.5) is 4.79 Å². The third kappa shape index (κ3) is 2.43. The van der Waals surface area contributed by atoms with Crippen molar-refractivity contribution in [3.05, 3.63) is 34.9 Å². The van der Waals surface area contributed by atoms with Crippen molar-refractivity contribution in [2.45, 2.75) is 57.5 Å². The number of carbonyl (C=O) groups is 2. The molecule has 5 nitrogen and oxygen atoms in total. The standard InChI is InChI=1S/C18H25N3O2/c1-3-18(16(22)21(12(2)11-19)17(23)20-18)15-9-8-13-6-4-5-7-14(13)10-15/h8-10,12H,3-7,11,19H2,1-2H3,(H,20,23). The van der Waals surface area contributed by atoms with Crippen molar-refractivity contribution in [2.24, 2.45) is 5.73 Å². The Labute approximate surface area is 137 Å². The van der Waals surface area contributed by atoms with E-state index in [1.165, 1.54) is 28.9 Å². The fraction of sp³-hybridized carbons (Fsp3) is 0.556. The van der Waals surface area contributed by atoms with Crippen LogP contribution in [-0.2, 0) is 23.2 Å². The van der Waals surface area contributed by atoms with E-state index in [4.69, 9.17) is 5.73 Å². The highest BCUT2D eigenvalue weighted by Crippen LogP contribution is 2.35. The van der Waals surface area contributed by atoms with Crippen LogP contribution < -0.4 is 11.1 Å². The Morgan fingerprint density at radius 3 is 2.61 bits per heavy atom. The van der Waals surface area contributed by atoms with E-state index in [0.29, 0.717) is 6.42 Å². The highest BCUT2D eigenvalue weighted by atomic mass is 16.2. The zero-order chi connectivity index (χ0) is 16.6. The Hall–Kier alpha value is -1.88. The first-order valence-electron chi connectivity index (χ1n) is 8.51. The minimum Gasteiger partial charge on any atom is -0.328 e. The molecule has 23 heavy (non-hydrogen) atoms. The lowest BCUT2D eigenvalue weighted by molar-refractivity contribution is -0.133. The quantitative estimate of drug-likeness (QED) is 0.835. The summed E-state index contributed by atoms with van der Waals surface area (Å²) < 4.78 is 0. The summed E-state index contributed by atoms with van der Waals surface area (Å²) >= 11 is 0. The van der Waals surface area contributed by atoms with Gasteiger partial charge in [-0.1, -0.05) is 25.1 Å². The van der Waals surface area contributed by atoms with Crippen molar-refractivity contribution in [2.75, 3.05) is 6.54 Å². The van der Waals surface area contributed by atoms with Crippen LogP contribution in [0.5, 0.6) is 0 Å². The van der Waals surface area contributed by atoms with Crippen LogP contribution in [0.1, 0.15) is 49.8 Å². The van der Waals surface area contributed by atoms with Gasteiger partial charge >= 0.3 is 6.03 Å². The van der Waals surface area contributed by atoms with Gasteiger partial charge in [-0.25, -0.2) is 4.79 Å². The van der Waals surface area contributed by atoms with Crippen LogP contribution in [0.15, 0.2) is 18.2 Å². The van der Waals surface area contributed by atoms with Gasteiger partial charge in [-0.05, 0) is 55.7 Å². The number of rotatable bonds is 4. The molecule has 1 aliphatic carbocycles. The second-order valence-electron chi connectivity index (χ2n) is 6.64. The van der Waals surface area contributed by atoms with Gasteiger partial charge in [0.05, 0.1) is 6.04 Å². The molecule has 2 aliphatic rings. The van der Waals surface area contributed by atoms with Gasteiger partial charge in [-0.3, -0.25) is 9.69 Å². The van der Waals surface area contributed by atoms with Crippen molar-refractivity contribution in [3.63, 3.8) is 0 Å². The second-order valence-corrected chi connectivity index (χ2v) is 6.64. The van der Waals surface area contributed by atoms with Gasteiger partial charge in [0, 0.05) is 6.54 Å². The SMILES string of the molecule is CCC1(c2ccc3c(c2)CCCC3)NC(=O)N(C(C)CN)C1=O. The average molecular weight is 315 g/mol. The van der Waals surface area contributed by atoms with Gasteiger partial charge in [0.25, 0.3) is 5.91 Å². The Kier molecular flexibility index (Phi) is 4.15. The molecule has 2 atom stereocenters. The zero-order valence-corrected chi connectivity index (χ0v) is 13.9. The Morgan fingerprint density at radius 1 is 1.26 bits per heavy atom. The molecule has 3 amide bonds. The average Bonchev–Trinajstić information content (AvgIpc) is 2.85. The Morgan fingerprint density at radius 2 is 1.96 bits per heavy atom.